The Bertz CT molecular complexity index is 4620. The molecule has 0 radical (unpaired) electrons. The summed E-state index contributed by atoms with van der Waals surface area (Å²) in [7, 11) is 0. The van der Waals surface area contributed by atoms with Gasteiger partial charge < -0.3 is 13.7 Å². The van der Waals surface area contributed by atoms with Crippen molar-refractivity contribution >= 4 is 65.4 Å². The highest BCUT2D eigenvalue weighted by Gasteiger charge is 2.19. The molecule has 3 nitrogen and oxygen atoms in total. The second kappa shape index (κ2) is 20.6. The van der Waals surface area contributed by atoms with E-state index < -0.39 is 0 Å². The molecule has 3 heteroatoms. The van der Waals surface area contributed by atoms with E-state index in [-0.39, 0.29) is 0 Å². The first-order chi connectivity index (χ1) is 38.5. The molecule has 0 unspecified atom stereocenters. The third-order valence-electron chi connectivity index (χ3n) is 15.3. The monoisotopic (exact) mass is 999 g/mol. The largest absolute Gasteiger partial charge is 0.309 e. The topological polar surface area (TPSA) is 14.8 Å². The fourth-order valence-corrected chi connectivity index (χ4v) is 11.8. The number of fused-ring (bicyclic) bond motifs is 9. The van der Waals surface area contributed by atoms with Gasteiger partial charge in [-0.25, -0.2) is 0 Å². The molecule has 15 aromatic rings. The zero-order chi connectivity index (χ0) is 52.5. The van der Waals surface area contributed by atoms with E-state index >= 15 is 0 Å². The van der Waals surface area contributed by atoms with Gasteiger partial charge in [-0.1, -0.05) is 230 Å². The van der Waals surface area contributed by atoms with Gasteiger partial charge in [-0.2, -0.15) is 0 Å². The van der Waals surface area contributed by atoms with Gasteiger partial charge in [0.1, 0.15) is 0 Å². The fraction of sp³-hybridized carbons (Fsp3) is 0.0400. The van der Waals surface area contributed by atoms with Crippen LogP contribution in [0.2, 0.25) is 0 Å². The van der Waals surface area contributed by atoms with E-state index in [1.165, 1.54) is 133 Å². The molecule has 0 saturated carbocycles. The van der Waals surface area contributed by atoms with Crippen molar-refractivity contribution in [3.63, 3.8) is 0 Å². The maximum absolute atomic E-state index is 2.37. The van der Waals surface area contributed by atoms with E-state index in [1.807, 2.05) is 0 Å². The molecule has 15 rings (SSSR count). The molecule has 0 N–H and O–H groups in total. The number of aryl methyl sites for hydroxylation is 3. The highest BCUT2D eigenvalue weighted by Crippen LogP contribution is 2.42. The van der Waals surface area contributed by atoms with Gasteiger partial charge >= 0.3 is 0 Å². The molecule has 0 amide bonds. The summed E-state index contributed by atoms with van der Waals surface area (Å²) in [6.07, 6.45) is 0. The molecule has 0 bridgehead atoms. The molecular formula is C75H57N3. The summed E-state index contributed by atoms with van der Waals surface area (Å²) in [4.78, 5) is 0. The standard InChI is InChI=1S/3C25H19N/c1-18-9-7-10-19(17-18)21-14-8-16-24-25(21)22-13-5-6-15-23(22)26(24)20-11-3-2-4-12-20;1-18-10-5-6-13-20(18)21-15-9-17-24-25(21)22-14-7-8-16-23(22)26(24)19-11-3-2-4-12-19;1-18-14-16-19(17-15-18)21-11-7-13-24-25(21)22-10-5-6-12-23(22)26(24)20-8-3-2-4-9-20/h3*2-17H,1H3. The number of nitrogens with zero attached hydrogens (tertiary/aromatic N) is 3. The van der Waals surface area contributed by atoms with Crippen molar-refractivity contribution in [3.8, 4) is 50.4 Å². The lowest BCUT2D eigenvalue weighted by atomic mass is 9.96. The van der Waals surface area contributed by atoms with E-state index in [0.29, 0.717) is 0 Å². The van der Waals surface area contributed by atoms with Gasteiger partial charge in [-0.05, 0) is 133 Å². The third kappa shape index (κ3) is 8.62. The Labute approximate surface area is 455 Å². The van der Waals surface area contributed by atoms with Crippen LogP contribution in [0.3, 0.4) is 0 Å². The molecule has 372 valence electrons. The van der Waals surface area contributed by atoms with Crippen LogP contribution in [0.1, 0.15) is 16.7 Å². The highest BCUT2D eigenvalue weighted by molar-refractivity contribution is 6.18. The number of hydrogen-bond acceptors (Lipinski definition) is 0. The minimum Gasteiger partial charge on any atom is -0.309 e. The molecule has 0 spiro atoms. The van der Waals surface area contributed by atoms with Gasteiger partial charge in [0, 0.05) is 49.4 Å². The Kier molecular flexibility index (Phi) is 12.6. The summed E-state index contributed by atoms with van der Waals surface area (Å²) in [5.74, 6) is 0. The van der Waals surface area contributed by atoms with Crippen LogP contribution >= 0.6 is 0 Å². The molecule has 0 aliphatic carbocycles. The number of aromatic nitrogens is 3. The van der Waals surface area contributed by atoms with Gasteiger partial charge in [-0.15, -0.1) is 0 Å². The summed E-state index contributed by atoms with van der Waals surface area (Å²) < 4.78 is 7.10. The van der Waals surface area contributed by atoms with E-state index in [2.05, 4.69) is 326 Å². The van der Waals surface area contributed by atoms with E-state index in [1.54, 1.807) is 0 Å². The van der Waals surface area contributed by atoms with Crippen LogP contribution in [0.4, 0.5) is 0 Å². The molecule has 0 aliphatic rings. The van der Waals surface area contributed by atoms with Crippen LogP contribution in [-0.4, -0.2) is 13.7 Å². The molecule has 3 aromatic heterocycles. The van der Waals surface area contributed by atoms with Crippen LogP contribution in [-0.2, 0) is 0 Å². The van der Waals surface area contributed by atoms with Crippen molar-refractivity contribution in [2.75, 3.05) is 0 Å². The van der Waals surface area contributed by atoms with Gasteiger partial charge in [0.2, 0.25) is 0 Å². The summed E-state index contributed by atoms with van der Waals surface area (Å²) >= 11 is 0. The van der Waals surface area contributed by atoms with Gasteiger partial charge in [0.15, 0.2) is 0 Å². The molecular weight excluding hydrogens is 943 g/mol. The Morgan fingerprint density at radius 2 is 0.564 bits per heavy atom. The summed E-state index contributed by atoms with van der Waals surface area (Å²) in [6.45, 7) is 6.47. The van der Waals surface area contributed by atoms with Crippen molar-refractivity contribution in [1.29, 1.82) is 0 Å². The van der Waals surface area contributed by atoms with Crippen molar-refractivity contribution in [2.45, 2.75) is 20.8 Å². The summed E-state index contributed by atoms with van der Waals surface area (Å²) in [6, 6.07) is 104. The minimum atomic E-state index is 1.19. The second-order valence-corrected chi connectivity index (χ2v) is 20.2. The normalized spacial score (nSPS) is 11.3. The average molecular weight is 1000 g/mol. The third-order valence-corrected chi connectivity index (χ3v) is 15.3. The Morgan fingerprint density at radius 3 is 1.01 bits per heavy atom. The predicted molar refractivity (Wildman–Crippen MR) is 333 cm³/mol. The van der Waals surface area contributed by atoms with Crippen molar-refractivity contribution in [1.82, 2.24) is 13.7 Å². The maximum Gasteiger partial charge on any atom is 0.0547 e. The first-order valence-corrected chi connectivity index (χ1v) is 26.9. The second-order valence-electron chi connectivity index (χ2n) is 20.2. The molecule has 3 heterocycles. The molecule has 12 aromatic carbocycles. The molecule has 0 fully saturated rings. The van der Waals surface area contributed by atoms with E-state index in [0.717, 1.165) is 0 Å². The van der Waals surface area contributed by atoms with Crippen LogP contribution < -0.4 is 0 Å². The van der Waals surface area contributed by atoms with Gasteiger partial charge in [0.05, 0.1) is 33.1 Å². The summed E-state index contributed by atoms with van der Waals surface area (Å²) in [5, 5.41) is 7.84. The Balaban J connectivity index is 0.000000111. The van der Waals surface area contributed by atoms with Gasteiger partial charge in [-0.3, -0.25) is 0 Å². The zero-order valence-corrected chi connectivity index (χ0v) is 44.1. The van der Waals surface area contributed by atoms with Crippen molar-refractivity contribution in [3.05, 3.63) is 308 Å². The predicted octanol–water partition coefficient (Wildman–Crippen LogP) is 20.3. The van der Waals surface area contributed by atoms with Crippen LogP contribution in [0.5, 0.6) is 0 Å². The zero-order valence-electron chi connectivity index (χ0n) is 44.1. The van der Waals surface area contributed by atoms with Crippen LogP contribution in [0.15, 0.2) is 291 Å². The Hall–Kier alpha value is -9.96. The van der Waals surface area contributed by atoms with E-state index in [9.17, 15) is 0 Å². The lowest BCUT2D eigenvalue weighted by molar-refractivity contribution is 1.18. The fourth-order valence-electron chi connectivity index (χ4n) is 11.8. The number of rotatable bonds is 6. The average Bonchev–Trinajstić information content (AvgIpc) is 4.19. The number of para-hydroxylation sites is 6. The number of benzene rings is 12. The molecule has 0 atom stereocenters. The molecule has 0 saturated heterocycles. The lowest BCUT2D eigenvalue weighted by Gasteiger charge is -2.10. The molecule has 0 aliphatic heterocycles. The lowest BCUT2D eigenvalue weighted by Crippen LogP contribution is -1.93. The van der Waals surface area contributed by atoms with E-state index in [4.69, 9.17) is 0 Å². The quantitative estimate of drug-likeness (QED) is 0.158. The highest BCUT2D eigenvalue weighted by atomic mass is 15.0. The van der Waals surface area contributed by atoms with Crippen LogP contribution in [0.25, 0.3) is 116 Å². The first kappa shape index (κ1) is 47.7. The number of hydrogen-bond donors (Lipinski definition) is 0. The van der Waals surface area contributed by atoms with Crippen LogP contribution in [0, 0.1) is 20.8 Å². The Morgan fingerprint density at radius 1 is 0.218 bits per heavy atom. The van der Waals surface area contributed by atoms with Gasteiger partial charge in [0.25, 0.3) is 0 Å². The SMILES string of the molecule is Cc1ccc(-c2cccc3c2c2ccccc2n3-c2ccccc2)cc1.Cc1cccc(-c2cccc3c2c2ccccc2n3-c2ccccc2)c1.Cc1ccccc1-c1cccc2c1c1ccccc1n2-c1ccccc1. The summed E-state index contributed by atoms with van der Waals surface area (Å²) in [5.41, 5.74) is 22.6. The first-order valence-electron chi connectivity index (χ1n) is 26.9. The van der Waals surface area contributed by atoms with Crippen molar-refractivity contribution in [2.24, 2.45) is 0 Å². The smallest absolute Gasteiger partial charge is 0.0547 e. The maximum atomic E-state index is 2.37. The minimum absolute atomic E-state index is 1.19. The van der Waals surface area contributed by atoms with Crippen molar-refractivity contribution < 1.29 is 0 Å². The molecule has 78 heavy (non-hydrogen) atoms.